The molecule has 2 saturated heterocycles. The predicted octanol–water partition coefficient (Wildman–Crippen LogP) is 2.34. The summed E-state index contributed by atoms with van der Waals surface area (Å²) < 4.78 is 7.42. The number of nitrogens with zero attached hydrogens (tertiary/aromatic N) is 6. The third-order valence-electron chi connectivity index (χ3n) is 5.99. The SMILES string of the molecule is CC(C)SC1CCN(c2ncnn3c(/C(N)=C/C(C#N)=C\N)cc(N4CCOCC4)c23)CC1. The molecule has 4 heterocycles. The Bertz CT molecular complexity index is 1070. The molecule has 2 fully saturated rings. The molecule has 0 radical (unpaired) electrons. The van der Waals surface area contributed by atoms with E-state index in [9.17, 15) is 5.26 Å². The number of fused-ring (bicyclic) bond motifs is 1. The Kier molecular flexibility index (Phi) is 7.30. The van der Waals surface area contributed by atoms with Crippen molar-refractivity contribution in [3.05, 3.63) is 35.9 Å². The topological polar surface area (TPSA) is 122 Å². The van der Waals surface area contributed by atoms with Crippen LogP contribution in [0.3, 0.4) is 0 Å². The molecular weight excluding hydrogens is 436 g/mol. The second-order valence-electron chi connectivity index (χ2n) is 8.56. The van der Waals surface area contributed by atoms with Crippen LogP contribution in [0.2, 0.25) is 0 Å². The zero-order valence-electron chi connectivity index (χ0n) is 19.3. The van der Waals surface area contributed by atoms with Crippen molar-refractivity contribution in [2.75, 3.05) is 49.2 Å². The number of hydrogen-bond acceptors (Lipinski definition) is 9. The molecule has 2 aromatic rings. The predicted molar refractivity (Wildman–Crippen MR) is 134 cm³/mol. The number of piperidine rings is 1. The normalized spacial score (nSPS) is 18.8. The van der Waals surface area contributed by atoms with E-state index >= 15 is 0 Å². The fraction of sp³-hybridized carbons (Fsp3) is 0.522. The van der Waals surface area contributed by atoms with E-state index in [1.165, 1.54) is 6.20 Å². The molecule has 10 heteroatoms. The van der Waals surface area contributed by atoms with E-state index in [1.54, 1.807) is 12.4 Å². The maximum absolute atomic E-state index is 9.27. The molecule has 176 valence electrons. The Morgan fingerprint density at radius 1 is 1.24 bits per heavy atom. The quantitative estimate of drug-likeness (QED) is 0.486. The largest absolute Gasteiger partial charge is 0.404 e. The third kappa shape index (κ3) is 5.04. The van der Waals surface area contributed by atoms with E-state index in [0.29, 0.717) is 35.0 Å². The summed E-state index contributed by atoms with van der Waals surface area (Å²) in [5.74, 6) is 0.924. The van der Waals surface area contributed by atoms with Crippen LogP contribution in [0.4, 0.5) is 11.5 Å². The van der Waals surface area contributed by atoms with Crippen LogP contribution in [-0.2, 0) is 4.74 Å². The van der Waals surface area contributed by atoms with E-state index in [0.717, 1.165) is 61.7 Å². The van der Waals surface area contributed by atoms with Crippen molar-refractivity contribution < 1.29 is 4.74 Å². The standard InChI is InChI=1S/C23H32N8OS/c1-16(2)33-18-3-5-30(6-4-18)23-22-21(29-7-9-32-10-8-29)12-20(31(22)28-15-27-23)19(26)11-17(13-24)14-25/h11-13,15-16,18H,3-10,24,26H2,1-2H3/b17-13+,19-11-. The molecule has 2 aromatic heterocycles. The lowest BCUT2D eigenvalue weighted by Gasteiger charge is -2.34. The fourth-order valence-electron chi connectivity index (χ4n) is 4.44. The van der Waals surface area contributed by atoms with Gasteiger partial charge < -0.3 is 26.0 Å². The first-order valence-electron chi connectivity index (χ1n) is 11.4. The highest BCUT2D eigenvalue weighted by Gasteiger charge is 2.27. The molecular formula is C23H32N8OS. The van der Waals surface area contributed by atoms with Crippen LogP contribution < -0.4 is 21.3 Å². The molecule has 2 aliphatic rings. The Hall–Kier alpha value is -2.90. The second-order valence-corrected chi connectivity index (χ2v) is 10.4. The van der Waals surface area contributed by atoms with E-state index in [4.69, 9.17) is 21.2 Å². The van der Waals surface area contributed by atoms with Gasteiger partial charge in [0.05, 0.1) is 35.9 Å². The number of hydrogen-bond donors (Lipinski definition) is 2. The van der Waals surface area contributed by atoms with Gasteiger partial charge in [0.25, 0.3) is 0 Å². The zero-order valence-corrected chi connectivity index (χ0v) is 20.1. The molecule has 0 saturated carbocycles. The third-order valence-corrected chi connectivity index (χ3v) is 7.39. The molecule has 2 aliphatic heterocycles. The van der Waals surface area contributed by atoms with E-state index in [-0.39, 0.29) is 0 Å². The number of nitriles is 1. The summed E-state index contributed by atoms with van der Waals surface area (Å²) in [4.78, 5) is 9.39. The average molecular weight is 469 g/mol. The second kappa shape index (κ2) is 10.4. The van der Waals surface area contributed by atoms with Gasteiger partial charge in [0.15, 0.2) is 5.82 Å². The monoisotopic (exact) mass is 468 g/mol. The van der Waals surface area contributed by atoms with Crippen molar-refractivity contribution in [3.63, 3.8) is 0 Å². The summed E-state index contributed by atoms with van der Waals surface area (Å²) in [6, 6.07) is 4.09. The highest BCUT2D eigenvalue weighted by atomic mass is 32.2. The van der Waals surface area contributed by atoms with Gasteiger partial charge in [0, 0.05) is 37.6 Å². The molecule has 4 N–H and O–H groups in total. The van der Waals surface area contributed by atoms with Crippen LogP contribution in [0.1, 0.15) is 32.4 Å². The summed E-state index contributed by atoms with van der Waals surface area (Å²) in [7, 11) is 0. The van der Waals surface area contributed by atoms with Gasteiger partial charge in [0.1, 0.15) is 17.9 Å². The molecule has 4 rings (SSSR count). The maximum atomic E-state index is 9.27. The van der Waals surface area contributed by atoms with Crippen molar-refractivity contribution in [3.8, 4) is 6.07 Å². The smallest absolute Gasteiger partial charge is 0.158 e. The number of ether oxygens (including phenoxy) is 1. The van der Waals surface area contributed by atoms with Crippen LogP contribution in [-0.4, -0.2) is 64.5 Å². The lowest BCUT2D eigenvalue weighted by atomic mass is 10.1. The van der Waals surface area contributed by atoms with Crippen molar-refractivity contribution >= 4 is 34.5 Å². The van der Waals surface area contributed by atoms with Gasteiger partial charge >= 0.3 is 0 Å². The summed E-state index contributed by atoms with van der Waals surface area (Å²) in [6.07, 6.45) is 6.69. The van der Waals surface area contributed by atoms with Gasteiger partial charge in [-0.05, 0) is 30.2 Å². The van der Waals surface area contributed by atoms with E-state index in [2.05, 4.69) is 46.6 Å². The van der Waals surface area contributed by atoms with Gasteiger partial charge in [-0.1, -0.05) is 13.8 Å². The molecule has 0 bridgehead atoms. The molecule has 0 amide bonds. The lowest BCUT2D eigenvalue weighted by Crippen LogP contribution is -2.37. The molecule has 0 unspecified atom stereocenters. The number of aromatic nitrogens is 3. The van der Waals surface area contributed by atoms with Crippen LogP contribution >= 0.6 is 11.8 Å². The number of anilines is 2. The fourth-order valence-corrected chi connectivity index (χ4v) is 5.69. The van der Waals surface area contributed by atoms with Gasteiger partial charge in [-0.25, -0.2) is 9.50 Å². The van der Waals surface area contributed by atoms with E-state index in [1.807, 2.05) is 10.6 Å². The number of morpholine rings is 1. The van der Waals surface area contributed by atoms with Crippen LogP contribution in [0.5, 0.6) is 0 Å². The molecule has 0 aromatic carbocycles. The molecule has 0 atom stereocenters. The Balaban J connectivity index is 1.76. The first kappa shape index (κ1) is 23.3. The summed E-state index contributed by atoms with van der Waals surface area (Å²) in [5, 5.41) is 15.2. The number of allylic oxidation sites excluding steroid dienone is 2. The molecule has 0 spiro atoms. The van der Waals surface area contributed by atoms with Crippen LogP contribution in [0.25, 0.3) is 11.2 Å². The maximum Gasteiger partial charge on any atom is 0.158 e. The first-order chi connectivity index (χ1) is 16.0. The summed E-state index contributed by atoms with van der Waals surface area (Å²) >= 11 is 2.07. The Labute approximate surface area is 199 Å². The summed E-state index contributed by atoms with van der Waals surface area (Å²) in [6.45, 7) is 9.36. The van der Waals surface area contributed by atoms with Gasteiger partial charge in [-0.2, -0.15) is 22.1 Å². The average Bonchev–Trinajstić information content (AvgIpc) is 3.23. The number of thioether (sulfide) groups is 1. The van der Waals surface area contributed by atoms with Crippen molar-refractivity contribution in [1.29, 1.82) is 5.26 Å². The van der Waals surface area contributed by atoms with Gasteiger partial charge in [-0.15, -0.1) is 0 Å². The van der Waals surface area contributed by atoms with Crippen LogP contribution in [0.15, 0.2) is 30.2 Å². The molecule has 9 nitrogen and oxygen atoms in total. The Morgan fingerprint density at radius 3 is 2.61 bits per heavy atom. The Morgan fingerprint density at radius 2 is 1.97 bits per heavy atom. The lowest BCUT2D eigenvalue weighted by molar-refractivity contribution is 0.123. The van der Waals surface area contributed by atoms with E-state index < -0.39 is 0 Å². The number of rotatable bonds is 6. The van der Waals surface area contributed by atoms with Crippen molar-refractivity contribution in [1.82, 2.24) is 14.6 Å². The highest BCUT2D eigenvalue weighted by Crippen LogP contribution is 2.36. The van der Waals surface area contributed by atoms with Crippen molar-refractivity contribution in [2.24, 2.45) is 11.5 Å². The zero-order chi connectivity index (χ0) is 23.4. The summed E-state index contributed by atoms with van der Waals surface area (Å²) in [5.41, 5.74) is 15.4. The van der Waals surface area contributed by atoms with Crippen molar-refractivity contribution in [2.45, 2.75) is 37.2 Å². The van der Waals surface area contributed by atoms with Gasteiger partial charge in [0.2, 0.25) is 0 Å². The van der Waals surface area contributed by atoms with Crippen LogP contribution in [0, 0.1) is 11.3 Å². The molecule has 33 heavy (non-hydrogen) atoms. The minimum Gasteiger partial charge on any atom is -0.404 e. The highest BCUT2D eigenvalue weighted by molar-refractivity contribution is 8.00. The minimum absolute atomic E-state index is 0.300. The number of nitrogens with two attached hydrogens (primary N) is 2. The first-order valence-corrected chi connectivity index (χ1v) is 12.4. The minimum atomic E-state index is 0.300. The molecule has 0 aliphatic carbocycles. The van der Waals surface area contributed by atoms with Gasteiger partial charge in [-0.3, -0.25) is 0 Å².